The topological polar surface area (TPSA) is 90.2 Å². The number of hydrogen-bond acceptors (Lipinski definition) is 4. The van der Waals surface area contributed by atoms with Crippen LogP contribution in [0.15, 0.2) is 42.5 Å². The van der Waals surface area contributed by atoms with Crippen LogP contribution >= 0.6 is 11.3 Å². The summed E-state index contributed by atoms with van der Waals surface area (Å²) in [6.45, 7) is 0. The molecule has 0 fully saturated rings. The Morgan fingerprint density at radius 1 is 1.19 bits per heavy atom. The van der Waals surface area contributed by atoms with Crippen LogP contribution in [-0.4, -0.2) is 17.0 Å². The Balaban J connectivity index is 2.06. The Hall–Kier alpha value is -2.91. The molecule has 0 radical (unpaired) electrons. The van der Waals surface area contributed by atoms with E-state index in [1.54, 1.807) is 36.4 Å². The number of thiophene rings is 1. The van der Waals surface area contributed by atoms with Crippen molar-refractivity contribution in [3.63, 3.8) is 0 Å². The number of amides is 1. The number of anilines is 1. The van der Waals surface area contributed by atoms with E-state index in [-0.39, 0.29) is 5.91 Å². The number of rotatable bonds is 4. The Morgan fingerprint density at radius 3 is 2.52 bits per heavy atom. The van der Waals surface area contributed by atoms with Crippen LogP contribution in [0.25, 0.3) is 6.08 Å². The van der Waals surface area contributed by atoms with Gasteiger partial charge >= 0.3 is 5.97 Å². The molecule has 0 spiro atoms. The van der Waals surface area contributed by atoms with E-state index in [1.165, 1.54) is 17.4 Å². The molecule has 2 N–H and O–H groups in total. The number of aliphatic carboxylic acids is 1. The molecule has 0 atom stereocenters. The Bertz CT molecular complexity index is 739. The van der Waals surface area contributed by atoms with Gasteiger partial charge in [-0.25, -0.2) is 4.79 Å². The van der Waals surface area contributed by atoms with Gasteiger partial charge in [0.25, 0.3) is 5.91 Å². The van der Waals surface area contributed by atoms with Crippen molar-refractivity contribution in [2.75, 3.05) is 5.32 Å². The molecule has 0 saturated carbocycles. The summed E-state index contributed by atoms with van der Waals surface area (Å²) >= 11 is 1.20. The molecule has 0 unspecified atom stereocenters. The maximum atomic E-state index is 12.0. The maximum Gasteiger partial charge on any atom is 0.328 e. The minimum absolute atomic E-state index is 0.278. The first-order valence-corrected chi connectivity index (χ1v) is 6.72. The lowest BCUT2D eigenvalue weighted by Crippen LogP contribution is -2.09. The van der Waals surface area contributed by atoms with Gasteiger partial charge in [0.1, 0.15) is 0 Å². The summed E-state index contributed by atoms with van der Waals surface area (Å²) in [5.74, 6) is -1.31. The van der Waals surface area contributed by atoms with Crippen LogP contribution in [0, 0.1) is 11.3 Å². The van der Waals surface area contributed by atoms with Crippen molar-refractivity contribution in [1.29, 1.82) is 5.26 Å². The monoisotopic (exact) mass is 298 g/mol. The number of carboxylic acids is 1. The minimum Gasteiger partial charge on any atom is -0.478 e. The lowest BCUT2D eigenvalue weighted by atomic mass is 10.2. The highest BCUT2D eigenvalue weighted by molar-refractivity contribution is 7.15. The van der Waals surface area contributed by atoms with E-state index in [1.807, 2.05) is 6.07 Å². The Kier molecular flexibility index (Phi) is 4.49. The summed E-state index contributed by atoms with van der Waals surface area (Å²) in [6, 6.07) is 11.8. The number of hydrogen-bond donors (Lipinski definition) is 2. The Labute approximate surface area is 124 Å². The third-order valence-electron chi connectivity index (χ3n) is 2.51. The zero-order valence-corrected chi connectivity index (χ0v) is 11.6. The molecule has 2 aromatic rings. The molecule has 0 aliphatic carbocycles. The van der Waals surface area contributed by atoms with Crippen molar-refractivity contribution in [3.05, 3.63) is 57.8 Å². The molecular formula is C15H10N2O3S. The largest absolute Gasteiger partial charge is 0.478 e. The van der Waals surface area contributed by atoms with E-state index in [2.05, 4.69) is 5.32 Å². The van der Waals surface area contributed by atoms with Gasteiger partial charge in [0.05, 0.1) is 16.5 Å². The molecule has 1 aromatic heterocycles. The van der Waals surface area contributed by atoms with Gasteiger partial charge < -0.3 is 10.4 Å². The number of carbonyl (C=O) groups excluding carboxylic acids is 1. The fourth-order valence-corrected chi connectivity index (χ4v) is 2.34. The van der Waals surface area contributed by atoms with Crippen molar-refractivity contribution in [3.8, 4) is 6.07 Å². The van der Waals surface area contributed by atoms with Gasteiger partial charge in [0.15, 0.2) is 0 Å². The SMILES string of the molecule is N#Cc1ccc(NC(=O)c2ccc(C=CC(=O)O)s2)cc1. The molecule has 2 rings (SSSR count). The molecule has 0 aliphatic rings. The zero-order valence-electron chi connectivity index (χ0n) is 10.7. The molecule has 104 valence electrons. The van der Waals surface area contributed by atoms with E-state index in [0.717, 1.165) is 6.08 Å². The van der Waals surface area contributed by atoms with E-state index in [4.69, 9.17) is 10.4 Å². The summed E-state index contributed by atoms with van der Waals surface area (Å²) in [5, 5.41) is 20.0. The van der Waals surface area contributed by atoms with E-state index >= 15 is 0 Å². The molecule has 6 heteroatoms. The molecule has 0 aliphatic heterocycles. The number of carboxylic acid groups (broad SMARTS) is 1. The van der Waals surface area contributed by atoms with Crippen molar-refractivity contribution in [1.82, 2.24) is 0 Å². The quantitative estimate of drug-likeness (QED) is 0.849. The predicted octanol–water partition coefficient (Wildman–Crippen LogP) is 2.97. The highest BCUT2D eigenvalue weighted by Gasteiger charge is 2.08. The van der Waals surface area contributed by atoms with Crippen LogP contribution in [0.4, 0.5) is 5.69 Å². The summed E-state index contributed by atoms with van der Waals surface area (Å²) < 4.78 is 0. The summed E-state index contributed by atoms with van der Waals surface area (Å²) in [7, 11) is 0. The zero-order chi connectivity index (χ0) is 15.2. The number of carbonyl (C=O) groups is 2. The highest BCUT2D eigenvalue weighted by atomic mass is 32.1. The lowest BCUT2D eigenvalue weighted by Gasteiger charge is -2.02. The second-order valence-corrected chi connectivity index (χ2v) is 5.13. The van der Waals surface area contributed by atoms with Gasteiger partial charge in [-0.1, -0.05) is 0 Å². The summed E-state index contributed by atoms with van der Waals surface area (Å²) in [6.07, 6.45) is 2.46. The number of nitrogens with zero attached hydrogens (tertiary/aromatic N) is 1. The van der Waals surface area contributed by atoms with Crippen LogP contribution in [0.1, 0.15) is 20.1 Å². The normalized spacial score (nSPS) is 10.2. The third-order valence-corrected chi connectivity index (χ3v) is 3.56. The second kappa shape index (κ2) is 6.50. The summed E-state index contributed by atoms with van der Waals surface area (Å²) in [4.78, 5) is 23.6. The number of benzene rings is 1. The van der Waals surface area contributed by atoms with Crippen molar-refractivity contribution in [2.45, 2.75) is 0 Å². The predicted molar refractivity (Wildman–Crippen MR) is 80.1 cm³/mol. The molecule has 21 heavy (non-hydrogen) atoms. The molecule has 1 aromatic carbocycles. The molecule has 5 nitrogen and oxygen atoms in total. The average molecular weight is 298 g/mol. The van der Waals surface area contributed by atoms with Crippen molar-refractivity contribution >= 4 is 35.0 Å². The Morgan fingerprint density at radius 2 is 1.90 bits per heavy atom. The third kappa shape index (κ3) is 4.03. The minimum atomic E-state index is -1.04. The summed E-state index contributed by atoms with van der Waals surface area (Å²) in [5.41, 5.74) is 1.11. The second-order valence-electron chi connectivity index (χ2n) is 4.02. The molecule has 0 saturated heterocycles. The van der Waals surface area contributed by atoms with Gasteiger partial charge in [-0.3, -0.25) is 4.79 Å². The van der Waals surface area contributed by atoms with Gasteiger partial charge in [0.2, 0.25) is 0 Å². The molecule has 0 bridgehead atoms. The van der Waals surface area contributed by atoms with Crippen molar-refractivity contribution < 1.29 is 14.7 Å². The first-order chi connectivity index (χ1) is 10.1. The fraction of sp³-hybridized carbons (Fsp3) is 0. The molecule has 1 amide bonds. The molecule has 1 heterocycles. The van der Waals surface area contributed by atoms with Crippen LogP contribution in [0.5, 0.6) is 0 Å². The standard InChI is InChI=1S/C15H10N2O3S/c16-9-10-1-3-11(4-2-10)17-15(20)13-7-5-12(21-13)6-8-14(18)19/h1-8H,(H,17,20)(H,18,19). The van der Waals surface area contributed by atoms with Crippen LogP contribution in [0.2, 0.25) is 0 Å². The van der Waals surface area contributed by atoms with Crippen LogP contribution in [-0.2, 0) is 4.79 Å². The number of nitrogens with one attached hydrogen (secondary N) is 1. The molecular weight excluding hydrogens is 288 g/mol. The highest BCUT2D eigenvalue weighted by Crippen LogP contribution is 2.19. The maximum absolute atomic E-state index is 12.0. The van der Waals surface area contributed by atoms with E-state index in [0.29, 0.717) is 21.0 Å². The van der Waals surface area contributed by atoms with Crippen LogP contribution in [0.3, 0.4) is 0 Å². The van der Waals surface area contributed by atoms with Crippen molar-refractivity contribution in [2.24, 2.45) is 0 Å². The first-order valence-electron chi connectivity index (χ1n) is 5.91. The average Bonchev–Trinajstić information content (AvgIpc) is 2.95. The van der Waals surface area contributed by atoms with Gasteiger partial charge in [-0.15, -0.1) is 11.3 Å². The lowest BCUT2D eigenvalue weighted by molar-refractivity contribution is -0.131. The fourth-order valence-electron chi connectivity index (χ4n) is 1.54. The smallest absolute Gasteiger partial charge is 0.328 e. The van der Waals surface area contributed by atoms with Crippen LogP contribution < -0.4 is 5.32 Å². The number of nitriles is 1. The van der Waals surface area contributed by atoms with Gasteiger partial charge in [-0.05, 0) is 42.5 Å². The van der Waals surface area contributed by atoms with Gasteiger partial charge in [-0.2, -0.15) is 5.26 Å². The van der Waals surface area contributed by atoms with E-state index < -0.39 is 5.97 Å². The van der Waals surface area contributed by atoms with Gasteiger partial charge in [0, 0.05) is 16.6 Å². The first kappa shape index (κ1) is 14.5. The van der Waals surface area contributed by atoms with E-state index in [9.17, 15) is 9.59 Å².